The number of carbonyl (C=O) groups excluding carboxylic acids is 1. The van der Waals surface area contributed by atoms with Gasteiger partial charge in [-0.15, -0.1) is 0 Å². The number of aliphatic hydroxyl groups is 2. The Kier molecular flexibility index (Phi) is 8.39. The summed E-state index contributed by atoms with van der Waals surface area (Å²) in [6.07, 6.45) is 10.2. The highest BCUT2D eigenvalue weighted by Crippen LogP contribution is 2.74. The van der Waals surface area contributed by atoms with Gasteiger partial charge in [0, 0.05) is 25.0 Å². The van der Waals surface area contributed by atoms with Crippen molar-refractivity contribution in [3.05, 3.63) is 0 Å². The summed E-state index contributed by atoms with van der Waals surface area (Å²) < 4.78 is 28.3. The van der Waals surface area contributed by atoms with Gasteiger partial charge >= 0.3 is 16.2 Å². The van der Waals surface area contributed by atoms with E-state index >= 15 is 0 Å². The molecule has 1 aliphatic heterocycles. The Morgan fingerprint density at radius 1 is 1.00 bits per heavy atom. The Balaban J connectivity index is 1.25. The molecular weight excluding hydrogens is 526 g/mol. The Bertz CT molecular complexity index is 1050. The molecule has 1 heterocycles. The summed E-state index contributed by atoms with van der Waals surface area (Å²) in [7, 11) is -3.76. The van der Waals surface area contributed by atoms with Crippen LogP contribution in [0.25, 0.3) is 0 Å². The lowest BCUT2D eigenvalue weighted by molar-refractivity contribution is -0.250. The minimum atomic E-state index is -3.76. The van der Waals surface area contributed by atoms with E-state index in [1.807, 2.05) is 0 Å². The zero-order valence-electron chi connectivity index (χ0n) is 25.5. The van der Waals surface area contributed by atoms with Crippen molar-refractivity contribution in [1.82, 2.24) is 14.3 Å². The summed E-state index contributed by atoms with van der Waals surface area (Å²) in [6, 6.07) is -0.640. The molecule has 5 aliphatic rings. The third kappa shape index (κ3) is 4.83. The topological polar surface area (TPSA) is 119 Å². The maximum absolute atomic E-state index is 12.4. The highest BCUT2D eigenvalue weighted by atomic mass is 32.2. The molecule has 4 N–H and O–H groups in total. The number of nitrogens with one attached hydrogen (secondary N) is 2. The monoisotopic (exact) mass is 581 g/mol. The molecule has 5 rings (SSSR count). The van der Waals surface area contributed by atoms with Gasteiger partial charge in [0.15, 0.2) is 0 Å². The molecule has 1 saturated heterocycles. The summed E-state index contributed by atoms with van der Waals surface area (Å²) in [6.45, 7) is 13.3. The molecule has 4 aliphatic carbocycles. The molecule has 4 saturated carbocycles. The molecule has 40 heavy (non-hydrogen) atoms. The maximum Gasteiger partial charge on any atom is 0.329 e. The van der Waals surface area contributed by atoms with E-state index in [0.29, 0.717) is 49.2 Å². The van der Waals surface area contributed by atoms with Crippen molar-refractivity contribution >= 4 is 16.2 Å². The van der Waals surface area contributed by atoms with Gasteiger partial charge in [-0.05, 0) is 111 Å². The molecule has 0 unspecified atom stereocenters. The number of carbonyl (C=O) groups is 1. The number of hydrogen-bond donors (Lipinski definition) is 4. The Morgan fingerprint density at radius 3 is 2.33 bits per heavy atom. The van der Waals surface area contributed by atoms with E-state index < -0.39 is 16.2 Å². The smallest absolute Gasteiger partial charge is 0.329 e. The second-order valence-corrected chi connectivity index (χ2v) is 16.7. The molecule has 5 fully saturated rings. The Labute approximate surface area is 242 Å². The number of urea groups is 1. The normalized spacial score (nSPS) is 46.2. The lowest BCUT2D eigenvalue weighted by Gasteiger charge is -2.69. The SMILES string of the molecule is CC[C@H]1[C@@H](O)[C@@]2(C)[C@@H]3CC[C@H]([C@H](C)CCNC(=O)NS(=O)(=O)N4CCCC4)[C@@]3(C)CC[C@@H]2[C@@]2(C)CC[C@@H](O)C[C@@H]12. The van der Waals surface area contributed by atoms with E-state index in [4.69, 9.17) is 0 Å². The van der Waals surface area contributed by atoms with E-state index in [0.717, 1.165) is 64.2 Å². The molecule has 9 heteroatoms. The first-order valence-electron chi connectivity index (χ1n) is 16.2. The minimum Gasteiger partial charge on any atom is -0.393 e. The highest BCUT2D eigenvalue weighted by Gasteiger charge is 2.69. The predicted molar refractivity (Wildman–Crippen MR) is 156 cm³/mol. The Morgan fingerprint density at radius 2 is 1.65 bits per heavy atom. The van der Waals surface area contributed by atoms with Gasteiger partial charge in [0.2, 0.25) is 0 Å². The van der Waals surface area contributed by atoms with Crippen LogP contribution in [0.15, 0.2) is 0 Å². The number of nitrogens with zero attached hydrogens (tertiary/aromatic N) is 1. The fraction of sp³-hybridized carbons (Fsp3) is 0.968. The van der Waals surface area contributed by atoms with Crippen LogP contribution in [-0.4, -0.2) is 60.8 Å². The first kappa shape index (κ1) is 30.6. The second kappa shape index (κ2) is 11.0. The third-order valence-electron chi connectivity index (χ3n) is 13.3. The zero-order chi connectivity index (χ0) is 29.1. The molecule has 0 aromatic rings. The first-order chi connectivity index (χ1) is 18.8. The molecule has 230 valence electrons. The third-order valence-corrected chi connectivity index (χ3v) is 14.8. The van der Waals surface area contributed by atoms with Crippen LogP contribution in [0.3, 0.4) is 0 Å². The lowest BCUT2D eigenvalue weighted by Crippen LogP contribution is -2.67. The molecule has 0 bridgehead atoms. The molecule has 2 amide bonds. The van der Waals surface area contributed by atoms with Crippen molar-refractivity contribution in [3.63, 3.8) is 0 Å². The van der Waals surface area contributed by atoms with Crippen LogP contribution in [-0.2, 0) is 10.2 Å². The van der Waals surface area contributed by atoms with Crippen LogP contribution < -0.4 is 10.0 Å². The first-order valence-corrected chi connectivity index (χ1v) is 17.6. The van der Waals surface area contributed by atoms with Gasteiger partial charge in [-0.1, -0.05) is 41.0 Å². The number of hydrogen-bond acceptors (Lipinski definition) is 5. The molecule has 0 aromatic heterocycles. The molecule has 0 radical (unpaired) electrons. The minimum absolute atomic E-state index is 0.127. The largest absolute Gasteiger partial charge is 0.393 e. The molecule has 11 atom stereocenters. The summed E-state index contributed by atoms with van der Waals surface area (Å²) in [4.78, 5) is 12.4. The van der Waals surface area contributed by atoms with Gasteiger partial charge in [0.25, 0.3) is 0 Å². The number of rotatable bonds is 7. The number of fused-ring (bicyclic) bond motifs is 5. The lowest BCUT2D eigenvalue weighted by atomic mass is 9.36. The van der Waals surface area contributed by atoms with Gasteiger partial charge in [0.1, 0.15) is 0 Å². The van der Waals surface area contributed by atoms with E-state index in [1.165, 1.54) is 10.7 Å². The van der Waals surface area contributed by atoms with Crippen LogP contribution in [0.1, 0.15) is 105 Å². The maximum atomic E-state index is 12.4. The van der Waals surface area contributed by atoms with Crippen molar-refractivity contribution in [2.45, 2.75) is 117 Å². The van der Waals surface area contributed by atoms with E-state index in [-0.39, 0.29) is 34.4 Å². The van der Waals surface area contributed by atoms with Crippen LogP contribution in [0.2, 0.25) is 0 Å². The molecular formula is C31H55N3O5S. The van der Waals surface area contributed by atoms with E-state index in [9.17, 15) is 23.4 Å². The average Bonchev–Trinajstić information content (AvgIpc) is 3.55. The van der Waals surface area contributed by atoms with Crippen LogP contribution in [0.4, 0.5) is 4.79 Å². The summed E-state index contributed by atoms with van der Waals surface area (Å²) >= 11 is 0. The van der Waals surface area contributed by atoms with E-state index in [2.05, 4.69) is 44.7 Å². The van der Waals surface area contributed by atoms with Crippen LogP contribution in [0, 0.1) is 51.8 Å². The van der Waals surface area contributed by atoms with Crippen molar-refractivity contribution in [3.8, 4) is 0 Å². The highest BCUT2D eigenvalue weighted by molar-refractivity contribution is 7.87. The van der Waals surface area contributed by atoms with Crippen molar-refractivity contribution in [2.24, 2.45) is 51.8 Å². The van der Waals surface area contributed by atoms with Gasteiger partial charge < -0.3 is 15.5 Å². The van der Waals surface area contributed by atoms with Crippen molar-refractivity contribution < 1.29 is 23.4 Å². The molecule has 8 nitrogen and oxygen atoms in total. The van der Waals surface area contributed by atoms with Crippen molar-refractivity contribution in [2.75, 3.05) is 19.6 Å². The van der Waals surface area contributed by atoms with Gasteiger partial charge in [-0.2, -0.15) is 12.7 Å². The fourth-order valence-electron chi connectivity index (χ4n) is 11.4. The second-order valence-electron chi connectivity index (χ2n) is 15.0. The summed E-state index contributed by atoms with van der Waals surface area (Å²) in [5.74, 6) is 2.47. The van der Waals surface area contributed by atoms with Gasteiger partial charge in [-0.25, -0.2) is 9.52 Å². The number of amides is 2. The number of aliphatic hydroxyl groups excluding tert-OH is 2. The Hall–Kier alpha value is -0.900. The summed E-state index contributed by atoms with van der Waals surface area (Å²) in [5, 5.41) is 25.5. The standard InChI is InChI=1S/C31H55N3O5S/c1-6-22-24-19-21(35)11-14-30(24,4)26-12-15-29(3)23(9-10-25(29)31(26,5)27(22)36)20(2)13-16-32-28(37)33-40(38,39)34-17-7-8-18-34/h20-27,35-36H,6-19H2,1-5H3,(H2,32,33,37)/t20-,21-,22-,23-,24+,25-,26-,27-,29-,30+,31+/m1/s1. The average molecular weight is 582 g/mol. The van der Waals surface area contributed by atoms with Crippen LogP contribution in [0.5, 0.6) is 0 Å². The van der Waals surface area contributed by atoms with Gasteiger partial charge in [0.05, 0.1) is 12.2 Å². The van der Waals surface area contributed by atoms with E-state index in [1.54, 1.807) is 0 Å². The zero-order valence-corrected chi connectivity index (χ0v) is 26.3. The molecule has 0 spiro atoms. The quantitative estimate of drug-likeness (QED) is 0.349. The van der Waals surface area contributed by atoms with Crippen molar-refractivity contribution in [1.29, 1.82) is 0 Å². The summed E-state index contributed by atoms with van der Waals surface area (Å²) in [5.41, 5.74) is 0.187. The predicted octanol–water partition coefficient (Wildman–Crippen LogP) is 4.67. The van der Waals surface area contributed by atoms with Crippen LogP contribution >= 0.6 is 0 Å². The molecule has 0 aromatic carbocycles. The van der Waals surface area contributed by atoms with Gasteiger partial charge in [-0.3, -0.25) is 0 Å². The fourth-order valence-corrected chi connectivity index (χ4v) is 12.6.